The Bertz CT molecular complexity index is 508. The van der Waals surface area contributed by atoms with Crippen LogP contribution in [-0.2, 0) is 0 Å². The quantitative estimate of drug-likeness (QED) is 0.733. The first-order valence-corrected chi connectivity index (χ1v) is 7.74. The van der Waals surface area contributed by atoms with E-state index in [2.05, 4.69) is 10.6 Å². The zero-order valence-corrected chi connectivity index (χ0v) is 12.4. The molecular weight excluding hydrogens is 279 g/mol. The summed E-state index contributed by atoms with van der Waals surface area (Å²) in [5.74, 6) is -0.0451. The lowest BCUT2D eigenvalue weighted by Crippen LogP contribution is -2.52. The zero-order valence-electron chi connectivity index (χ0n) is 11.6. The number of rotatable bonds is 5. The fraction of sp³-hybridized carbons (Fsp3) is 0.500. The minimum absolute atomic E-state index is 0.106. The number of halogens is 1. The van der Waals surface area contributed by atoms with E-state index in [1.807, 2.05) is 6.92 Å². The van der Waals surface area contributed by atoms with Gasteiger partial charge in [0.05, 0.1) is 12.1 Å². The number of benzene rings is 1. The smallest absolute Gasteiger partial charge is 0.319 e. The number of nitrogens with one attached hydrogen (secondary N) is 2. The predicted molar refractivity (Wildman–Crippen MR) is 78.6 cm³/mol. The predicted octanol–water partition coefficient (Wildman–Crippen LogP) is 2.83. The molecule has 2 amide bonds. The van der Waals surface area contributed by atoms with Crippen molar-refractivity contribution in [3.8, 4) is 0 Å². The van der Waals surface area contributed by atoms with E-state index in [0.29, 0.717) is 16.5 Å². The summed E-state index contributed by atoms with van der Waals surface area (Å²) in [5.41, 5.74) is -0.212. The van der Waals surface area contributed by atoms with Gasteiger partial charge < -0.3 is 15.7 Å². The van der Waals surface area contributed by atoms with Crippen LogP contribution in [0.25, 0.3) is 0 Å². The molecule has 1 atom stereocenters. The third-order valence-electron chi connectivity index (χ3n) is 3.62. The SMILES string of the molecule is CSc1ccc(NC(=O)NC(C)(CO)C2CC2)cc1F. The van der Waals surface area contributed by atoms with Crippen molar-refractivity contribution in [2.45, 2.75) is 30.2 Å². The van der Waals surface area contributed by atoms with Gasteiger partial charge in [0.15, 0.2) is 0 Å². The Balaban J connectivity index is 1.99. The molecule has 0 radical (unpaired) electrons. The maximum Gasteiger partial charge on any atom is 0.319 e. The first kappa shape index (κ1) is 15.1. The van der Waals surface area contributed by atoms with E-state index < -0.39 is 11.6 Å². The fourth-order valence-corrected chi connectivity index (χ4v) is 2.62. The van der Waals surface area contributed by atoms with Crippen LogP contribution < -0.4 is 10.6 Å². The van der Waals surface area contributed by atoms with Gasteiger partial charge in [-0.3, -0.25) is 0 Å². The number of hydrogen-bond donors (Lipinski definition) is 3. The van der Waals surface area contributed by atoms with Crippen LogP contribution in [0.4, 0.5) is 14.9 Å². The van der Waals surface area contributed by atoms with Gasteiger partial charge in [0.2, 0.25) is 0 Å². The van der Waals surface area contributed by atoms with Crippen molar-refractivity contribution in [2.75, 3.05) is 18.2 Å². The second-order valence-corrected chi connectivity index (χ2v) is 6.13. The molecule has 3 N–H and O–H groups in total. The number of carbonyl (C=O) groups is 1. The molecule has 0 aliphatic heterocycles. The summed E-state index contributed by atoms with van der Waals surface area (Å²) in [5, 5.41) is 14.8. The summed E-state index contributed by atoms with van der Waals surface area (Å²) in [4.78, 5) is 12.5. The maximum absolute atomic E-state index is 13.6. The molecule has 1 aliphatic rings. The second-order valence-electron chi connectivity index (χ2n) is 5.28. The average molecular weight is 298 g/mol. The molecule has 0 aromatic heterocycles. The normalized spacial score (nSPS) is 17.4. The van der Waals surface area contributed by atoms with E-state index in [0.717, 1.165) is 12.8 Å². The Hall–Kier alpha value is -1.27. The largest absolute Gasteiger partial charge is 0.394 e. The number of aliphatic hydroxyl groups excluding tert-OH is 1. The van der Waals surface area contributed by atoms with Crippen molar-refractivity contribution in [2.24, 2.45) is 5.92 Å². The van der Waals surface area contributed by atoms with Gasteiger partial charge in [-0.15, -0.1) is 11.8 Å². The van der Waals surface area contributed by atoms with Crippen LogP contribution in [0.3, 0.4) is 0 Å². The summed E-state index contributed by atoms with van der Waals surface area (Å²) < 4.78 is 13.6. The van der Waals surface area contributed by atoms with E-state index in [4.69, 9.17) is 0 Å². The summed E-state index contributed by atoms with van der Waals surface area (Å²) in [6.07, 6.45) is 3.81. The Labute approximate surface area is 122 Å². The molecule has 4 nitrogen and oxygen atoms in total. The van der Waals surface area contributed by atoms with E-state index in [9.17, 15) is 14.3 Å². The third-order valence-corrected chi connectivity index (χ3v) is 4.39. The molecule has 0 heterocycles. The molecule has 0 spiro atoms. The highest BCUT2D eigenvalue weighted by Gasteiger charge is 2.42. The highest BCUT2D eigenvalue weighted by atomic mass is 32.2. The number of aliphatic hydroxyl groups is 1. The summed E-state index contributed by atoms with van der Waals surface area (Å²) >= 11 is 1.31. The van der Waals surface area contributed by atoms with Crippen LogP contribution in [-0.4, -0.2) is 29.5 Å². The molecule has 20 heavy (non-hydrogen) atoms. The van der Waals surface area contributed by atoms with Crippen molar-refractivity contribution in [1.29, 1.82) is 0 Å². The van der Waals surface area contributed by atoms with Gasteiger partial charge in [-0.25, -0.2) is 9.18 Å². The van der Waals surface area contributed by atoms with Crippen LogP contribution >= 0.6 is 11.8 Å². The molecular formula is C14H19FN2O2S. The second kappa shape index (κ2) is 6.01. The topological polar surface area (TPSA) is 61.4 Å². The van der Waals surface area contributed by atoms with Gasteiger partial charge in [0, 0.05) is 10.6 Å². The minimum Gasteiger partial charge on any atom is -0.394 e. The van der Waals surface area contributed by atoms with Crippen LogP contribution in [0.15, 0.2) is 23.1 Å². The van der Waals surface area contributed by atoms with Crippen LogP contribution in [0.2, 0.25) is 0 Å². The number of hydrogen-bond acceptors (Lipinski definition) is 3. The molecule has 1 fully saturated rings. The Morgan fingerprint density at radius 2 is 2.25 bits per heavy atom. The van der Waals surface area contributed by atoms with Gasteiger partial charge in [-0.05, 0) is 50.1 Å². The van der Waals surface area contributed by atoms with Crippen LogP contribution in [0, 0.1) is 11.7 Å². The highest BCUT2D eigenvalue weighted by molar-refractivity contribution is 7.98. The third kappa shape index (κ3) is 3.43. The molecule has 1 unspecified atom stereocenters. The monoisotopic (exact) mass is 298 g/mol. The molecule has 1 aromatic carbocycles. The van der Waals surface area contributed by atoms with E-state index in [1.165, 1.54) is 17.8 Å². The number of urea groups is 1. The fourth-order valence-electron chi connectivity index (χ4n) is 2.16. The number of anilines is 1. The average Bonchev–Trinajstić information content (AvgIpc) is 3.23. The van der Waals surface area contributed by atoms with Gasteiger partial charge in [0.1, 0.15) is 5.82 Å². The van der Waals surface area contributed by atoms with Gasteiger partial charge in [0.25, 0.3) is 0 Å². The van der Waals surface area contributed by atoms with Crippen molar-refractivity contribution in [3.05, 3.63) is 24.0 Å². The lowest BCUT2D eigenvalue weighted by molar-refractivity contribution is 0.159. The molecule has 1 aliphatic carbocycles. The van der Waals surface area contributed by atoms with Crippen molar-refractivity contribution in [1.82, 2.24) is 5.32 Å². The minimum atomic E-state index is -0.609. The lowest BCUT2D eigenvalue weighted by atomic mass is 9.97. The molecule has 2 rings (SSSR count). The van der Waals surface area contributed by atoms with Crippen molar-refractivity contribution in [3.63, 3.8) is 0 Å². The molecule has 6 heteroatoms. The highest BCUT2D eigenvalue weighted by Crippen LogP contribution is 2.39. The molecule has 0 bridgehead atoms. The summed E-state index contributed by atoms with van der Waals surface area (Å²) in [6, 6.07) is 4.15. The van der Waals surface area contributed by atoms with Crippen LogP contribution in [0.1, 0.15) is 19.8 Å². The van der Waals surface area contributed by atoms with Gasteiger partial charge >= 0.3 is 6.03 Å². The van der Waals surface area contributed by atoms with E-state index in [-0.39, 0.29) is 12.4 Å². The van der Waals surface area contributed by atoms with Crippen molar-refractivity contribution < 1.29 is 14.3 Å². The van der Waals surface area contributed by atoms with Crippen molar-refractivity contribution >= 4 is 23.5 Å². The molecule has 0 saturated heterocycles. The summed E-state index contributed by atoms with van der Waals surface area (Å²) in [6.45, 7) is 1.71. The zero-order chi connectivity index (χ0) is 14.8. The molecule has 1 aromatic rings. The number of carbonyl (C=O) groups excluding carboxylic acids is 1. The molecule has 110 valence electrons. The number of thioether (sulfide) groups is 1. The van der Waals surface area contributed by atoms with Crippen LogP contribution in [0.5, 0.6) is 0 Å². The first-order chi connectivity index (χ1) is 9.48. The number of amides is 2. The van der Waals surface area contributed by atoms with Gasteiger partial charge in [-0.1, -0.05) is 0 Å². The Morgan fingerprint density at radius 3 is 2.75 bits per heavy atom. The van der Waals surface area contributed by atoms with E-state index in [1.54, 1.807) is 18.4 Å². The van der Waals surface area contributed by atoms with Gasteiger partial charge in [-0.2, -0.15) is 0 Å². The standard InChI is InChI=1S/C14H19FN2O2S/c1-14(8-18,9-3-4-9)17-13(19)16-10-5-6-12(20-2)11(15)7-10/h5-7,9,18H,3-4,8H2,1-2H3,(H2,16,17,19). The van der Waals surface area contributed by atoms with E-state index >= 15 is 0 Å². The first-order valence-electron chi connectivity index (χ1n) is 6.52. The summed E-state index contributed by atoms with van der Waals surface area (Å²) in [7, 11) is 0. The maximum atomic E-state index is 13.6. The Kier molecular flexibility index (Phi) is 4.55. The lowest BCUT2D eigenvalue weighted by Gasteiger charge is -2.28. The molecule has 1 saturated carbocycles. The Morgan fingerprint density at radius 1 is 1.55 bits per heavy atom.